The normalized spacial score (nSPS) is 25.0. The molecule has 102 valence electrons. The molecule has 1 aliphatic heterocycles. The quantitative estimate of drug-likeness (QED) is 0.922. The topological polar surface area (TPSA) is 32.5 Å². The average Bonchev–Trinajstić information content (AvgIpc) is 2.62. The summed E-state index contributed by atoms with van der Waals surface area (Å²) >= 11 is 7.61. The molecule has 1 aromatic heterocycles. The largest absolute Gasteiger partial charge is 0.326 e. The zero-order chi connectivity index (χ0) is 13.1. The SMILES string of the molecule is CN1CCCN(C)C(C(N)Cc2ccc(Cl)s2)C1. The van der Waals surface area contributed by atoms with Crippen molar-refractivity contribution in [1.29, 1.82) is 0 Å². The Balaban J connectivity index is 1.99. The molecular weight excluding hydrogens is 266 g/mol. The maximum Gasteiger partial charge on any atom is 0.0931 e. The number of rotatable bonds is 3. The van der Waals surface area contributed by atoms with Gasteiger partial charge in [-0.3, -0.25) is 0 Å². The second kappa shape index (κ2) is 6.35. The van der Waals surface area contributed by atoms with Crippen LogP contribution in [0.3, 0.4) is 0 Å². The maximum absolute atomic E-state index is 6.41. The van der Waals surface area contributed by atoms with Gasteiger partial charge in [-0.2, -0.15) is 0 Å². The fraction of sp³-hybridized carbons (Fsp3) is 0.692. The maximum atomic E-state index is 6.41. The van der Waals surface area contributed by atoms with Gasteiger partial charge in [0.2, 0.25) is 0 Å². The van der Waals surface area contributed by atoms with Crippen LogP contribution in [0.15, 0.2) is 12.1 Å². The van der Waals surface area contributed by atoms with Crippen LogP contribution in [0.5, 0.6) is 0 Å². The summed E-state index contributed by atoms with van der Waals surface area (Å²) in [4.78, 5) is 6.08. The van der Waals surface area contributed by atoms with Gasteiger partial charge in [0.1, 0.15) is 0 Å². The van der Waals surface area contributed by atoms with E-state index in [1.165, 1.54) is 17.8 Å². The minimum atomic E-state index is 0.172. The predicted molar refractivity (Wildman–Crippen MR) is 79.5 cm³/mol. The zero-order valence-corrected chi connectivity index (χ0v) is 12.7. The van der Waals surface area contributed by atoms with Gasteiger partial charge in [0.05, 0.1) is 4.34 Å². The Morgan fingerprint density at radius 3 is 2.89 bits per heavy atom. The first-order valence-corrected chi connectivity index (χ1v) is 7.64. The molecule has 1 fully saturated rings. The summed E-state index contributed by atoms with van der Waals surface area (Å²) in [7, 11) is 4.37. The number of halogens is 1. The number of thiophene rings is 1. The van der Waals surface area contributed by atoms with E-state index in [1.54, 1.807) is 11.3 Å². The highest BCUT2D eigenvalue weighted by Gasteiger charge is 2.26. The standard InChI is InChI=1S/C13H22ClN3S/c1-16-6-3-7-17(2)12(9-16)11(15)8-10-4-5-13(14)18-10/h4-5,11-12H,3,6-9,15H2,1-2H3. The summed E-state index contributed by atoms with van der Waals surface area (Å²) in [6.07, 6.45) is 2.14. The van der Waals surface area contributed by atoms with Crippen molar-refractivity contribution >= 4 is 22.9 Å². The molecule has 2 unspecified atom stereocenters. The summed E-state index contributed by atoms with van der Waals surface area (Å²) in [5, 5.41) is 0. The van der Waals surface area contributed by atoms with E-state index < -0.39 is 0 Å². The summed E-state index contributed by atoms with van der Waals surface area (Å²) in [5.74, 6) is 0. The lowest BCUT2D eigenvalue weighted by atomic mass is 10.0. The molecule has 0 aromatic carbocycles. The van der Waals surface area contributed by atoms with Crippen molar-refractivity contribution in [2.45, 2.75) is 24.9 Å². The molecule has 0 saturated carbocycles. The molecular formula is C13H22ClN3S. The van der Waals surface area contributed by atoms with Crippen molar-refractivity contribution in [3.63, 3.8) is 0 Å². The number of nitrogens with zero attached hydrogens (tertiary/aromatic N) is 2. The minimum absolute atomic E-state index is 0.172. The first kappa shape index (κ1) is 14.3. The number of hydrogen-bond acceptors (Lipinski definition) is 4. The smallest absolute Gasteiger partial charge is 0.0931 e. The molecule has 2 heterocycles. The van der Waals surface area contributed by atoms with E-state index in [1.807, 2.05) is 6.07 Å². The molecule has 0 spiro atoms. The molecule has 2 N–H and O–H groups in total. The van der Waals surface area contributed by atoms with Gasteiger partial charge in [0.25, 0.3) is 0 Å². The number of nitrogens with two attached hydrogens (primary N) is 1. The van der Waals surface area contributed by atoms with E-state index >= 15 is 0 Å². The van der Waals surface area contributed by atoms with Crippen LogP contribution in [0.1, 0.15) is 11.3 Å². The van der Waals surface area contributed by atoms with Gasteiger partial charge in [-0.15, -0.1) is 11.3 Å². The molecule has 1 aliphatic rings. The van der Waals surface area contributed by atoms with E-state index in [0.717, 1.165) is 23.8 Å². The Kier molecular flexibility index (Phi) is 5.04. The van der Waals surface area contributed by atoms with Crippen molar-refractivity contribution in [3.05, 3.63) is 21.3 Å². The van der Waals surface area contributed by atoms with Gasteiger partial charge in [-0.25, -0.2) is 0 Å². The van der Waals surface area contributed by atoms with E-state index in [9.17, 15) is 0 Å². The summed E-state index contributed by atoms with van der Waals surface area (Å²) in [5.41, 5.74) is 6.41. The monoisotopic (exact) mass is 287 g/mol. The molecule has 0 aliphatic carbocycles. The van der Waals surface area contributed by atoms with Gasteiger partial charge in [0, 0.05) is 23.5 Å². The van der Waals surface area contributed by atoms with Gasteiger partial charge in [0.15, 0.2) is 0 Å². The van der Waals surface area contributed by atoms with E-state index in [-0.39, 0.29) is 6.04 Å². The van der Waals surface area contributed by atoms with Crippen LogP contribution in [0.2, 0.25) is 4.34 Å². The highest BCUT2D eigenvalue weighted by molar-refractivity contribution is 7.16. The van der Waals surface area contributed by atoms with Crippen LogP contribution in [0.25, 0.3) is 0 Å². The molecule has 5 heteroatoms. The van der Waals surface area contributed by atoms with Crippen LogP contribution in [0.4, 0.5) is 0 Å². The third kappa shape index (κ3) is 3.68. The molecule has 2 rings (SSSR count). The Labute approximate surface area is 119 Å². The lowest BCUT2D eigenvalue weighted by molar-refractivity contribution is 0.195. The van der Waals surface area contributed by atoms with Crippen molar-refractivity contribution in [3.8, 4) is 0 Å². The Morgan fingerprint density at radius 1 is 1.44 bits per heavy atom. The van der Waals surface area contributed by atoms with Gasteiger partial charge in [-0.05, 0) is 52.2 Å². The van der Waals surface area contributed by atoms with Gasteiger partial charge >= 0.3 is 0 Å². The van der Waals surface area contributed by atoms with Crippen molar-refractivity contribution in [1.82, 2.24) is 9.80 Å². The minimum Gasteiger partial charge on any atom is -0.326 e. The molecule has 0 radical (unpaired) electrons. The fourth-order valence-electron chi connectivity index (χ4n) is 2.60. The van der Waals surface area contributed by atoms with Gasteiger partial charge < -0.3 is 15.5 Å². The van der Waals surface area contributed by atoms with Crippen LogP contribution >= 0.6 is 22.9 Å². The molecule has 3 nitrogen and oxygen atoms in total. The molecule has 1 aromatic rings. The Morgan fingerprint density at radius 2 is 2.22 bits per heavy atom. The Hall–Kier alpha value is -0.130. The summed E-state index contributed by atoms with van der Waals surface area (Å²) < 4.78 is 0.850. The van der Waals surface area contributed by atoms with E-state index in [2.05, 4.69) is 30.0 Å². The molecule has 1 saturated heterocycles. The number of likely N-dealkylation sites (N-methyl/N-ethyl adjacent to an activating group) is 2. The number of hydrogen-bond donors (Lipinski definition) is 1. The van der Waals surface area contributed by atoms with E-state index in [0.29, 0.717) is 6.04 Å². The van der Waals surface area contributed by atoms with Crippen LogP contribution in [-0.4, -0.2) is 55.6 Å². The third-order valence-electron chi connectivity index (χ3n) is 3.68. The van der Waals surface area contributed by atoms with E-state index in [4.69, 9.17) is 17.3 Å². The molecule has 2 atom stereocenters. The first-order chi connectivity index (χ1) is 8.56. The fourth-order valence-corrected chi connectivity index (χ4v) is 3.76. The molecule has 0 amide bonds. The summed E-state index contributed by atoms with van der Waals surface area (Å²) in [6.45, 7) is 3.35. The predicted octanol–water partition coefficient (Wildman–Crippen LogP) is 1.91. The highest BCUT2D eigenvalue weighted by Crippen LogP contribution is 2.23. The first-order valence-electron chi connectivity index (χ1n) is 6.45. The molecule has 18 heavy (non-hydrogen) atoms. The van der Waals surface area contributed by atoms with Gasteiger partial charge in [-0.1, -0.05) is 11.6 Å². The van der Waals surface area contributed by atoms with Crippen molar-refractivity contribution < 1.29 is 0 Å². The lowest BCUT2D eigenvalue weighted by Crippen LogP contribution is -2.51. The third-order valence-corrected chi connectivity index (χ3v) is 4.93. The second-order valence-electron chi connectivity index (χ2n) is 5.24. The van der Waals surface area contributed by atoms with Crippen molar-refractivity contribution in [2.75, 3.05) is 33.7 Å². The lowest BCUT2D eigenvalue weighted by Gasteiger charge is -2.32. The second-order valence-corrected chi connectivity index (χ2v) is 7.04. The van der Waals surface area contributed by atoms with Crippen molar-refractivity contribution in [2.24, 2.45) is 5.73 Å². The molecule has 0 bridgehead atoms. The van der Waals surface area contributed by atoms with Crippen LogP contribution in [-0.2, 0) is 6.42 Å². The van der Waals surface area contributed by atoms with Crippen LogP contribution < -0.4 is 5.73 Å². The van der Waals surface area contributed by atoms with Crippen LogP contribution in [0, 0.1) is 0 Å². The highest BCUT2D eigenvalue weighted by atomic mass is 35.5. The zero-order valence-electron chi connectivity index (χ0n) is 11.1. The Bertz CT molecular complexity index is 382. The average molecular weight is 288 g/mol. The summed E-state index contributed by atoms with van der Waals surface area (Å²) in [6, 6.07) is 4.65.